The van der Waals surface area contributed by atoms with Crippen LogP contribution in [0.5, 0.6) is 0 Å². The van der Waals surface area contributed by atoms with E-state index in [2.05, 4.69) is 26.3 Å². The minimum Gasteiger partial charge on any atom is -0.290 e. The van der Waals surface area contributed by atoms with Crippen LogP contribution in [-0.2, 0) is 0 Å². The number of nitrogen functional groups attached to an aromatic ring is 1. The monoisotopic (exact) mass is 279 g/mol. The molecule has 1 aromatic carbocycles. The Bertz CT molecular complexity index is 568. The van der Waals surface area contributed by atoms with Gasteiger partial charge in [-0.25, -0.2) is 5.84 Å². The van der Waals surface area contributed by atoms with Gasteiger partial charge in [0.15, 0.2) is 0 Å². The first-order chi connectivity index (χ1) is 7.61. The standard InChI is InChI=1S/C11H10BrN3O/c1-6-9(11(16)15-13)5-7-4-8(12)2-3-10(7)14-6/h2-5H,13H2,1H3,(H,15,16). The van der Waals surface area contributed by atoms with E-state index in [1.54, 1.807) is 13.0 Å². The molecule has 1 heterocycles. The van der Waals surface area contributed by atoms with Crippen molar-refractivity contribution in [2.24, 2.45) is 5.84 Å². The van der Waals surface area contributed by atoms with Crippen molar-refractivity contribution in [1.29, 1.82) is 0 Å². The van der Waals surface area contributed by atoms with Gasteiger partial charge in [-0.2, -0.15) is 0 Å². The highest BCUT2D eigenvalue weighted by molar-refractivity contribution is 9.10. The van der Waals surface area contributed by atoms with Crippen LogP contribution in [0.4, 0.5) is 0 Å². The highest BCUT2D eigenvalue weighted by Crippen LogP contribution is 2.20. The molecule has 0 radical (unpaired) electrons. The van der Waals surface area contributed by atoms with Gasteiger partial charge in [-0.1, -0.05) is 15.9 Å². The zero-order chi connectivity index (χ0) is 11.7. The number of amides is 1. The SMILES string of the molecule is Cc1nc2ccc(Br)cc2cc1C(=O)NN. The van der Waals surface area contributed by atoms with Gasteiger partial charge >= 0.3 is 0 Å². The largest absolute Gasteiger partial charge is 0.290 e. The molecule has 82 valence electrons. The number of aryl methyl sites for hydroxylation is 1. The molecule has 0 atom stereocenters. The molecule has 5 heteroatoms. The van der Waals surface area contributed by atoms with E-state index in [9.17, 15) is 4.79 Å². The zero-order valence-corrected chi connectivity index (χ0v) is 10.2. The van der Waals surface area contributed by atoms with Crippen LogP contribution in [0, 0.1) is 6.92 Å². The maximum Gasteiger partial charge on any atom is 0.267 e. The Balaban J connectivity index is 2.68. The van der Waals surface area contributed by atoms with Crippen LogP contribution in [0.25, 0.3) is 10.9 Å². The highest BCUT2D eigenvalue weighted by atomic mass is 79.9. The number of nitrogens with two attached hydrogens (primary N) is 1. The molecule has 0 bridgehead atoms. The first-order valence-electron chi connectivity index (χ1n) is 4.69. The number of aromatic nitrogens is 1. The summed E-state index contributed by atoms with van der Waals surface area (Å²) in [6.07, 6.45) is 0. The van der Waals surface area contributed by atoms with Crippen molar-refractivity contribution in [3.05, 3.63) is 40.0 Å². The molecule has 0 aliphatic carbocycles. The predicted molar refractivity (Wildman–Crippen MR) is 65.8 cm³/mol. The van der Waals surface area contributed by atoms with Gasteiger partial charge in [-0.15, -0.1) is 0 Å². The summed E-state index contributed by atoms with van der Waals surface area (Å²) in [5.74, 6) is 4.78. The van der Waals surface area contributed by atoms with E-state index in [0.717, 1.165) is 15.4 Å². The second-order valence-electron chi connectivity index (χ2n) is 3.43. The molecule has 0 fully saturated rings. The molecule has 16 heavy (non-hydrogen) atoms. The molecular weight excluding hydrogens is 270 g/mol. The molecule has 0 aliphatic heterocycles. The fourth-order valence-corrected chi connectivity index (χ4v) is 1.93. The molecule has 1 amide bonds. The van der Waals surface area contributed by atoms with Crippen molar-refractivity contribution < 1.29 is 4.79 Å². The van der Waals surface area contributed by atoms with Crippen LogP contribution >= 0.6 is 15.9 Å². The van der Waals surface area contributed by atoms with Crippen molar-refractivity contribution in [3.8, 4) is 0 Å². The van der Waals surface area contributed by atoms with Crippen molar-refractivity contribution in [2.75, 3.05) is 0 Å². The lowest BCUT2D eigenvalue weighted by Gasteiger charge is -2.06. The predicted octanol–water partition coefficient (Wildman–Crippen LogP) is 1.91. The number of nitrogens with one attached hydrogen (secondary N) is 1. The van der Waals surface area contributed by atoms with E-state index >= 15 is 0 Å². The van der Waals surface area contributed by atoms with E-state index in [0.29, 0.717) is 11.3 Å². The van der Waals surface area contributed by atoms with Crippen LogP contribution in [0.2, 0.25) is 0 Å². The molecule has 0 saturated carbocycles. The van der Waals surface area contributed by atoms with E-state index in [1.807, 2.05) is 18.2 Å². The lowest BCUT2D eigenvalue weighted by molar-refractivity contribution is 0.0953. The second-order valence-corrected chi connectivity index (χ2v) is 4.35. The zero-order valence-electron chi connectivity index (χ0n) is 8.62. The summed E-state index contributed by atoms with van der Waals surface area (Å²) in [6, 6.07) is 7.51. The molecule has 0 aliphatic rings. The number of rotatable bonds is 1. The first-order valence-corrected chi connectivity index (χ1v) is 5.49. The number of carbonyl (C=O) groups excluding carboxylic acids is 1. The summed E-state index contributed by atoms with van der Waals surface area (Å²) < 4.78 is 0.949. The maximum absolute atomic E-state index is 11.5. The van der Waals surface area contributed by atoms with Crippen molar-refractivity contribution in [1.82, 2.24) is 10.4 Å². The number of benzene rings is 1. The number of hydrogen-bond donors (Lipinski definition) is 2. The van der Waals surface area contributed by atoms with Crippen molar-refractivity contribution >= 4 is 32.7 Å². The summed E-state index contributed by atoms with van der Waals surface area (Å²) in [6.45, 7) is 1.78. The van der Waals surface area contributed by atoms with Gasteiger partial charge < -0.3 is 0 Å². The van der Waals surface area contributed by atoms with Crippen LogP contribution in [0.15, 0.2) is 28.7 Å². The number of fused-ring (bicyclic) bond motifs is 1. The number of hydrazine groups is 1. The molecule has 4 nitrogen and oxygen atoms in total. The van der Waals surface area contributed by atoms with Crippen molar-refractivity contribution in [2.45, 2.75) is 6.92 Å². The summed E-state index contributed by atoms with van der Waals surface area (Å²) in [5.41, 5.74) is 4.12. The molecule has 1 aromatic heterocycles. The molecule has 2 aromatic rings. The van der Waals surface area contributed by atoms with E-state index in [-0.39, 0.29) is 5.91 Å². The van der Waals surface area contributed by atoms with Gasteiger partial charge in [0.05, 0.1) is 16.8 Å². The third-order valence-corrected chi connectivity index (χ3v) is 2.84. The molecule has 3 N–H and O–H groups in total. The van der Waals surface area contributed by atoms with Crippen LogP contribution in [-0.4, -0.2) is 10.9 Å². The number of carbonyl (C=O) groups is 1. The first kappa shape index (κ1) is 11.0. The number of hydrogen-bond acceptors (Lipinski definition) is 3. The molecule has 0 unspecified atom stereocenters. The average Bonchev–Trinajstić information content (AvgIpc) is 2.28. The average molecular weight is 280 g/mol. The Kier molecular flexibility index (Phi) is 2.89. The van der Waals surface area contributed by atoms with Gasteiger partial charge in [0.2, 0.25) is 0 Å². The number of halogens is 1. The summed E-state index contributed by atoms with van der Waals surface area (Å²) in [7, 11) is 0. The Morgan fingerprint density at radius 1 is 1.44 bits per heavy atom. The number of pyridine rings is 1. The second kappa shape index (κ2) is 4.19. The minimum absolute atomic E-state index is 0.327. The molecular formula is C11H10BrN3O. The Labute approximate surface area is 101 Å². The quantitative estimate of drug-likeness (QED) is 0.476. The Hall–Kier alpha value is -1.46. The smallest absolute Gasteiger partial charge is 0.267 e. The van der Waals surface area contributed by atoms with Gasteiger partial charge in [0, 0.05) is 9.86 Å². The summed E-state index contributed by atoms with van der Waals surface area (Å²) in [4.78, 5) is 15.8. The van der Waals surface area contributed by atoms with Gasteiger partial charge in [-0.3, -0.25) is 15.2 Å². The lowest BCUT2D eigenvalue weighted by Crippen LogP contribution is -2.30. The summed E-state index contributed by atoms with van der Waals surface area (Å²) in [5, 5.41) is 0.901. The van der Waals surface area contributed by atoms with Crippen molar-refractivity contribution in [3.63, 3.8) is 0 Å². The Morgan fingerprint density at radius 2 is 2.19 bits per heavy atom. The minimum atomic E-state index is -0.327. The van der Waals surface area contributed by atoms with Crippen LogP contribution < -0.4 is 11.3 Å². The Morgan fingerprint density at radius 3 is 2.88 bits per heavy atom. The van der Waals surface area contributed by atoms with Crippen LogP contribution in [0.3, 0.4) is 0 Å². The van der Waals surface area contributed by atoms with E-state index < -0.39 is 0 Å². The van der Waals surface area contributed by atoms with Gasteiger partial charge in [-0.05, 0) is 31.2 Å². The fourth-order valence-electron chi connectivity index (χ4n) is 1.55. The molecule has 0 spiro atoms. The van der Waals surface area contributed by atoms with Gasteiger partial charge in [0.25, 0.3) is 5.91 Å². The third-order valence-electron chi connectivity index (χ3n) is 2.34. The number of nitrogens with zero attached hydrogens (tertiary/aromatic N) is 1. The lowest BCUT2D eigenvalue weighted by atomic mass is 10.1. The topological polar surface area (TPSA) is 68.0 Å². The van der Waals surface area contributed by atoms with Gasteiger partial charge in [0.1, 0.15) is 0 Å². The third kappa shape index (κ3) is 1.91. The summed E-state index contributed by atoms with van der Waals surface area (Å²) >= 11 is 3.38. The van der Waals surface area contributed by atoms with E-state index in [4.69, 9.17) is 5.84 Å². The maximum atomic E-state index is 11.5. The fraction of sp³-hybridized carbons (Fsp3) is 0.0909. The molecule has 2 rings (SSSR count). The van der Waals surface area contributed by atoms with Crippen LogP contribution in [0.1, 0.15) is 16.1 Å². The van der Waals surface area contributed by atoms with E-state index in [1.165, 1.54) is 0 Å². The highest BCUT2D eigenvalue weighted by Gasteiger charge is 2.10. The molecule has 0 saturated heterocycles. The normalized spacial score (nSPS) is 10.4.